The molecule has 0 aromatic rings. The van der Waals surface area contributed by atoms with Crippen LogP contribution in [0.15, 0.2) is 11.6 Å². The van der Waals surface area contributed by atoms with Crippen molar-refractivity contribution in [2.45, 2.75) is 160 Å². The third-order valence-electron chi connectivity index (χ3n) is 17.4. The van der Waals surface area contributed by atoms with E-state index in [0.717, 1.165) is 12.0 Å². The fourth-order valence-electron chi connectivity index (χ4n) is 13.8. The van der Waals surface area contributed by atoms with E-state index in [2.05, 4.69) is 26.8 Å². The van der Waals surface area contributed by atoms with Crippen LogP contribution in [0, 0.1) is 50.2 Å². The van der Waals surface area contributed by atoms with E-state index >= 15 is 0 Å². The van der Waals surface area contributed by atoms with Gasteiger partial charge in [-0.05, 0) is 98.7 Å². The average molecular weight is 827 g/mol. The Hall–Kier alpha value is -1.80. The molecule has 5 aliphatic carbocycles. The van der Waals surface area contributed by atoms with E-state index in [1.54, 1.807) is 0 Å². The van der Waals surface area contributed by atoms with Gasteiger partial charge in [-0.25, -0.2) is 0 Å². The van der Waals surface area contributed by atoms with Gasteiger partial charge in [0, 0.05) is 5.41 Å². The zero-order valence-corrected chi connectivity index (χ0v) is 34.5. The number of rotatable bonds is 8. The second-order valence-corrected chi connectivity index (χ2v) is 20.1. The fourth-order valence-corrected chi connectivity index (χ4v) is 13.8. The van der Waals surface area contributed by atoms with Crippen LogP contribution in [-0.4, -0.2) is 152 Å². The molecule has 6 fully saturated rings. The highest BCUT2D eigenvalue weighted by Gasteiger charge is 2.71. The third-order valence-corrected chi connectivity index (χ3v) is 17.4. The molecule has 16 nitrogen and oxygen atoms in total. The van der Waals surface area contributed by atoms with Crippen LogP contribution < -0.4 is 0 Å². The summed E-state index contributed by atoms with van der Waals surface area (Å²) in [6, 6.07) is 0. The summed E-state index contributed by atoms with van der Waals surface area (Å²) in [5.74, 6) is -1.54. The maximum atomic E-state index is 13.2. The normalized spacial score (nSPS) is 54.2. The van der Waals surface area contributed by atoms with Gasteiger partial charge in [0.25, 0.3) is 0 Å². The summed E-state index contributed by atoms with van der Waals surface area (Å²) >= 11 is 0. The average Bonchev–Trinajstić information content (AvgIpc) is 3.18. The van der Waals surface area contributed by atoms with Crippen molar-refractivity contribution in [3.63, 3.8) is 0 Å². The van der Waals surface area contributed by atoms with Gasteiger partial charge in [-0.3, -0.25) is 9.59 Å². The second kappa shape index (κ2) is 15.2. The summed E-state index contributed by atoms with van der Waals surface area (Å²) in [6.45, 7) is 9.23. The minimum Gasteiger partial charge on any atom is -0.481 e. The molecule has 16 heteroatoms. The lowest BCUT2D eigenvalue weighted by molar-refractivity contribution is -0.371. The van der Waals surface area contributed by atoms with E-state index in [9.17, 15) is 55.5 Å². The van der Waals surface area contributed by atoms with Gasteiger partial charge < -0.3 is 69.6 Å². The molecule has 7 rings (SSSR count). The first kappa shape index (κ1) is 44.3. The topological polar surface area (TPSA) is 262 Å². The largest absolute Gasteiger partial charge is 0.481 e. The molecule has 4 saturated carbocycles. The number of fused-ring (bicyclic) bond motifs is 7. The van der Waals surface area contributed by atoms with Gasteiger partial charge in [0.05, 0.1) is 50.0 Å². The number of aliphatic hydroxyl groups excluding tert-OH is 8. The smallest absolute Gasteiger partial charge is 0.311 e. The molecule has 9 N–H and O–H groups in total. The molecule has 2 aliphatic heterocycles. The molecule has 2 saturated heterocycles. The van der Waals surface area contributed by atoms with Gasteiger partial charge in [0.15, 0.2) is 12.6 Å². The number of aliphatic carboxylic acids is 1. The van der Waals surface area contributed by atoms with Crippen LogP contribution in [0.3, 0.4) is 0 Å². The zero-order chi connectivity index (χ0) is 42.5. The van der Waals surface area contributed by atoms with Gasteiger partial charge in [-0.1, -0.05) is 39.3 Å². The molecule has 0 spiro atoms. The lowest BCUT2D eigenvalue weighted by atomic mass is 9.33. The Balaban J connectivity index is 1.11. The van der Waals surface area contributed by atoms with Gasteiger partial charge in [-0.15, -0.1) is 0 Å². The molecule has 0 radical (unpaired) electrons. The lowest BCUT2D eigenvalue weighted by Crippen LogP contribution is -2.69. The standard InChI is InChI=1S/C42H66O16/c1-37(36(53)54-6)11-13-42(35(51)52)14-12-40(4)20(21(42)15-37)7-8-26-38(2)16-22(45)32(39(3,19-44)25(38)9-10-41(26,40)5)56-24-18-55-33(30(49)28(24)47)58-34-31(50)29(48)27(46)23(17-43)57-34/h7,21-34,43-50H,8-19H2,1-6H3,(H,51,52)/t21-,22-,23+,24+,25+,26+,27+,28-,29+,30-,31+,32-,33+,34+,37-,38+,39-,40-,41-,42-/m0/s1. The summed E-state index contributed by atoms with van der Waals surface area (Å²) in [6.07, 6.45) is -8.95. The third kappa shape index (κ3) is 6.29. The number of methoxy groups -OCH3 is 1. The van der Waals surface area contributed by atoms with Crippen LogP contribution in [0.25, 0.3) is 0 Å². The summed E-state index contributed by atoms with van der Waals surface area (Å²) in [4.78, 5) is 26.3. The Bertz CT molecular complexity index is 1610. The molecule has 0 aromatic heterocycles. The molecule has 20 atom stereocenters. The number of esters is 1. The van der Waals surface area contributed by atoms with Crippen molar-refractivity contribution in [3.05, 3.63) is 11.6 Å². The number of aliphatic hydroxyl groups is 8. The summed E-state index contributed by atoms with van der Waals surface area (Å²) in [5.41, 5.74) is -2.81. The Morgan fingerprint density at radius 2 is 1.48 bits per heavy atom. The first-order chi connectivity index (χ1) is 27.1. The van der Waals surface area contributed by atoms with Crippen molar-refractivity contribution in [2.24, 2.45) is 50.2 Å². The minimum absolute atomic E-state index is 0.0487. The quantitative estimate of drug-likeness (QED) is 0.120. The van der Waals surface area contributed by atoms with Crippen molar-refractivity contribution in [1.82, 2.24) is 0 Å². The Morgan fingerprint density at radius 3 is 2.12 bits per heavy atom. The van der Waals surface area contributed by atoms with Gasteiger partial charge in [0.2, 0.25) is 0 Å². The maximum absolute atomic E-state index is 13.2. The number of allylic oxidation sites excluding steroid dienone is 2. The van der Waals surface area contributed by atoms with E-state index in [4.69, 9.17) is 23.7 Å². The van der Waals surface area contributed by atoms with Crippen LogP contribution >= 0.6 is 0 Å². The number of carboxylic acid groups (broad SMARTS) is 1. The van der Waals surface area contributed by atoms with Crippen molar-refractivity contribution in [2.75, 3.05) is 26.9 Å². The minimum atomic E-state index is -1.76. The highest BCUT2D eigenvalue weighted by molar-refractivity contribution is 5.80. The van der Waals surface area contributed by atoms with Gasteiger partial charge in [0.1, 0.15) is 42.7 Å². The number of carbonyl (C=O) groups is 2. The van der Waals surface area contributed by atoms with E-state index in [1.165, 1.54) is 7.11 Å². The molecule has 330 valence electrons. The zero-order valence-electron chi connectivity index (χ0n) is 34.5. The monoisotopic (exact) mass is 826 g/mol. The lowest BCUT2D eigenvalue weighted by Gasteiger charge is -2.71. The molecule has 0 unspecified atom stereocenters. The first-order valence-corrected chi connectivity index (χ1v) is 21.0. The SMILES string of the molecule is COC(=O)[C@@]1(C)CC[C@]2(C(=O)O)CC[C@@]3(C)C(=CC[C@@H]4[C@]5(C)C[C@H](O)[C@H](O[C@@H]6CO[C@H](O[C@H]7O[C@H](CO)[C@@H](O)[C@@H](O)[C@H]7O)[C@@H](O)[C@H]6O)[C@@](C)(CO)[C@@H]5CC[C@@]43C)[C@@H]2C1. The predicted octanol–water partition coefficient (Wildman–Crippen LogP) is 0.617. The molecule has 0 bridgehead atoms. The van der Waals surface area contributed by atoms with E-state index < -0.39 is 102 Å². The first-order valence-electron chi connectivity index (χ1n) is 21.0. The van der Waals surface area contributed by atoms with Crippen LogP contribution in [-0.2, 0) is 33.3 Å². The Kier molecular flexibility index (Phi) is 11.6. The number of hydrogen-bond donors (Lipinski definition) is 9. The molecular weight excluding hydrogens is 760 g/mol. The van der Waals surface area contributed by atoms with E-state index in [1.807, 2.05) is 13.8 Å². The van der Waals surface area contributed by atoms with Gasteiger partial charge in [-0.2, -0.15) is 0 Å². The van der Waals surface area contributed by atoms with E-state index in [0.29, 0.717) is 51.4 Å². The number of ether oxygens (including phenoxy) is 5. The summed E-state index contributed by atoms with van der Waals surface area (Å²) < 4.78 is 28.4. The van der Waals surface area contributed by atoms with Crippen LogP contribution in [0.2, 0.25) is 0 Å². The highest BCUT2D eigenvalue weighted by atomic mass is 16.8. The molecule has 58 heavy (non-hydrogen) atoms. The summed E-state index contributed by atoms with van der Waals surface area (Å²) in [5, 5.41) is 96.7. The molecule has 0 aromatic carbocycles. The Labute approximate surface area is 339 Å². The fraction of sp³-hybridized carbons (Fsp3) is 0.905. The van der Waals surface area contributed by atoms with Crippen molar-refractivity contribution in [1.29, 1.82) is 0 Å². The van der Waals surface area contributed by atoms with Crippen molar-refractivity contribution < 1.29 is 79.2 Å². The predicted molar refractivity (Wildman–Crippen MR) is 201 cm³/mol. The van der Waals surface area contributed by atoms with Crippen molar-refractivity contribution >= 4 is 11.9 Å². The van der Waals surface area contributed by atoms with Crippen molar-refractivity contribution in [3.8, 4) is 0 Å². The van der Waals surface area contributed by atoms with Crippen LogP contribution in [0.4, 0.5) is 0 Å². The number of carbonyl (C=O) groups excluding carboxylic acids is 1. The highest BCUT2D eigenvalue weighted by Crippen LogP contribution is 2.76. The molecule has 0 amide bonds. The van der Waals surface area contributed by atoms with Gasteiger partial charge >= 0.3 is 11.9 Å². The Morgan fingerprint density at radius 1 is 0.810 bits per heavy atom. The number of hydrogen-bond acceptors (Lipinski definition) is 15. The molecule has 2 heterocycles. The van der Waals surface area contributed by atoms with E-state index in [-0.39, 0.29) is 47.8 Å². The van der Waals surface area contributed by atoms with Crippen LogP contribution in [0.1, 0.15) is 92.4 Å². The van der Waals surface area contributed by atoms with Crippen LogP contribution in [0.5, 0.6) is 0 Å². The molecule has 7 aliphatic rings. The number of carboxylic acids is 1. The summed E-state index contributed by atoms with van der Waals surface area (Å²) in [7, 11) is 1.38. The maximum Gasteiger partial charge on any atom is 0.311 e. The second-order valence-electron chi connectivity index (χ2n) is 20.1. The molecular formula is C42H66O16.